The van der Waals surface area contributed by atoms with E-state index >= 15 is 0 Å². The quantitative estimate of drug-likeness (QED) is 0.486. The molecule has 0 saturated heterocycles. The number of nitrogens with two attached hydrogens (primary N) is 1. The van der Waals surface area contributed by atoms with Crippen LogP contribution >= 0.6 is 11.3 Å². The van der Waals surface area contributed by atoms with Crippen molar-refractivity contribution in [3.63, 3.8) is 0 Å². The molecule has 0 radical (unpaired) electrons. The summed E-state index contributed by atoms with van der Waals surface area (Å²) in [5.41, 5.74) is 6.35. The summed E-state index contributed by atoms with van der Waals surface area (Å²) < 4.78 is 6.50. The maximum Gasteiger partial charge on any atom is 0.258 e. The van der Waals surface area contributed by atoms with E-state index in [0.717, 1.165) is 15.8 Å². The van der Waals surface area contributed by atoms with E-state index < -0.39 is 11.8 Å². The molecular formula is C23H19N3O4S. The van der Waals surface area contributed by atoms with Crippen molar-refractivity contribution in [2.45, 2.75) is 6.54 Å². The molecule has 3 N–H and O–H groups in total. The number of carbonyl (C=O) groups is 2. The molecule has 0 spiro atoms. The highest BCUT2D eigenvalue weighted by Gasteiger charge is 2.17. The molecule has 2 aromatic heterocycles. The highest BCUT2D eigenvalue weighted by molar-refractivity contribution is 7.20. The molecule has 2 heterocycles. The van der Waals surface area contributed by atoms with Gasteiger partial charge in [-0.05, 0) is 41.3 Å². The van der Waals surface area contributed by atoms with Gasteiger partial charge in [0.05, 0.1) is 12.7 Å². The van der Waals surface area contributed by atoms with Crippen molar-refractivity contribution < 1.29 is 14.3 Å². The van der Waals surface area contributed by atoms with Crippen LogP contribution in [0.5, 0.6) is 5.75 Å². The normalized spacial score (nSPS) is 10.7. The van der Waals surface area contributed by atoms with E-state index in [1.54, 1.807) is 43.6 Å². The number of ether oxygens (including phenoxy) is 1. The fraction of sp³-hybridized carbons (Fsp3) is 0.0870. The third-order valence-corrected chi connectivity index (χ3v) is 5.91. The Bertz CT molecular complexity index is 1340. The molecule has 7 nitrogen and oxygen atoms in total. The number of methoxy groups -OCH3 is 1. The van der Waals surface area contributed by atoms with Crippen LogP contribution in [0.1, 0.15) is 10.4 Å². The zero-order chi connectivity index (χ0) is 22.0. The number of nitrogens with one attached hydrogen (secondary N) is 1. The minimum atomic E-state index is -0.634. The minimum absolute atomic E-state index is 0.197. The van der Waals surface area contributed by atoms with Gasteiger partial charge in [-0.2, -0.15) is 0 Å². The number of rotatable bonds is 6. The van der Waals surface area contributed by atoms with Crippen LogP contribution in [-0.4, -0.2) is 23.5 Å². The van der Waals surface area contributed by atoms with E-state index in [2.05, 4.69) is 5.32 Å². The standard InChI is InChI=1S/C23H19N3O4S/c1-30-16-7-8-17-15(11-16)9-10-26(23(17)29)13-20(27)25-22-18(21(24)28)12-19(31-22)14-5-3-2-4-6-14/h2-12H,13H2,1H3,(H2,24,28)(H,25,27). The molecule has 0 bridgehead atoms. The number of amides is 2. The van der Waals surface area contributed by atoms with Gasteiger partial charge in [0.1, 0.15) is 17.3 Å². The van der Waals surface area contributed by atoms with Crippen LogP contribution in [0.25, 0.3) is 21.2 Å². The first-order valence-electron chi connectivity index (χ1n) is 9.42. The predicted octanol–water partition coefficient (Wildman–Crippen LogP) is 3.48. The summed E-state index contributed by atoms with van der Waals surface area (Å²) in [5, 5.41) is 4.29. The lowest BCUT2D eigenvalue weighted by molar-refractivity contribution is -0.116. The molecule has 0 fully saturated rings. The summed E-state index contributed by atoms with van der Waals surface area (Å²) in [6.45, 7) is -0.197. The Hall–Kier alpha value is -3.91. The average Bonchev–Trinajstić information content (AvgIpc) is 3.20. The molecular weight excluding hydrogens is 414 g/mol. The number of aromatic nitrogens is 1. The number of carbonyl (C=O) groups excluding carboxylic acids is 2. The lowest BCUT2D eigenvalue weighted by Gasteiger charge is -2.09. The number of fused-ring (bicyclic) bond motifs is 1. The highest BCUT2D eigenvalue weighted by atomic mass is 32.1. The summed E-state index contributed by atoms with van der Waals surface area (Å²) >= 11 is 1.26. The topological polar surface area (TPSA) is 103 Å². The van der Waals surface area contributed by atoms with E-state index in [0.29, 0.717) is 16.1 Å². The second-order valence-corrected chi connectivity index (χ2v) is 7.89. The van der Waals surface area contributed by atoms with E-state index in [4.69, 9.17) is 10.5 Å². The fourth-order valence-corrected chi connectivity index (χ4v) is 4.34. The van der Waals surface area contributed by atoms with Gasteiger partial charge in [0.15, 0.2) is 0 Å². The maximum absolute atomic E-state index is 12.8. The van der Waals surface area contributed by atoms with Gasteiger partial charge >= 0.3 is 0 Å². The van der Waals surface area contributed by atoms with Crippen LogP contribution in [0.3, 0.4) is 0 Å². The van der Waals surface area contributed by atoms with Crippen LogP contribution < -0.4 is 21.3 Å². The largest absolute Gasteiger partial charge is 0.497 e. The Morgan fingerprint density at radius 3 is 2.58 bits per heavy atom. The Kier molecular flexibility index (Phi) is 5.55. The molecule has 2 aromatic carbocycles. The van der Waals surface area contributed by atoms with Gasteiger partial charge in [0, 0.05) is 16.5 Å². The molecule has 4 rings (SSSR count). The smallest absolute Gasteiger partial charge is 0.258 e. The highest BCUT2D eigenvalue weighted by Crippen LogP contribution is 2.35. The number of thiophene rings is 1. The van der Waals surface area contributed by atoms with Gasteiger partial charge in [0.25, 0.3) is 11.5 Å². The van der Waals surface area contributed by atoms with Gasteiger partial charge in [-0.25, -0.2) is 0 Å². The Morgan fingerprint density at radius 2 is 1.87 bits per heavy atom. The van der Waals surface area contributed by atoms with E-state index in [9.17, 15) is 14.4 Å². The van der Waals surface area contributed by atoms with Crippen molar-refractivity contribution in [3.8, 4) is 16.2 Å². The summed E-state index contributed by atoms with van der Waals surface area (Å²) in [7, 11) is 1.56. The van der Waals surface area contributed by atoms with Crippen LogP contribution in [0, 0.1) is 0 Å². The van der Waals surface area contributed by atoms with Crippen LogP contribution in [0.2, 0.25) is 0 Å². The predicted molar refractivity (Wildman–Crippen MR) is 122 cm³/mol. The zero-order valence-electron chi connectivity index (χ0n) is 16.6. The van der Waals surface area contributed by atoms with Crippen molar-refractivity contribution in [2.75, 3.05) is 12.4 Å². The molecule has 0 saturated carbocycles. The summed E-state index contributed by atoms with van der Waals surface area (Å²) in [6.07, 6.45) is 1.56. The van der Waals surface area contributed by atoms with Crippen LogP contribution in [-0.2, 0) is 11.3 Å². The van der Waals surface area contributed by atoms with Crippen LogP contribution in [0.4, 0.5) is 5.00 Å². The van der Waals surface area contributed by atoms with Crippen LogP contribution in [0.15, 0.2) is 71.7 Å². The molecule has 0 aliphatic heterocycles. The molecule has 156 valence electrons. The fourth-order valence-electron chi connectivity index (χ4n) is 3.25. The van der Waals surface area contributed by atoms with Gasteiger partial charge in [-0.3, -0.25) is 14.4 Å². The summed E-state index contributed by atoms with van der Waals surface area (Å²) in [5.74, 6) is -0.419. The van der Waals surface area contributed by atoms with Crippen molar-refractivity contribution in [1.82, 2.24) is 4.57 Å². The van der Waals surface area contributed by atoms with Gasteiger partial charge in [0.2, 0.25) is 5.91 Å². The van der Waals surface area contributed by atoms with E-state index in [1.165, 1.54) is 15.9 Å². The summed E-state index contributed by atoms with van der Waals surface area (Å²) in [4.78, 5) is 38.1. The average molecular weight is 433 g/mol. The third kappa shape index (κ3) is 4.19. The van der Waals surface area contributed by atoms with Crippen molar-refractivity contribution >= 4 is 38.9 Å². The Labute approximate surface area is 181 Å². The number of pyridine rings is 1. The molecule has 2 amide bonds. The zero-order valence-corrected chi connectivity index (χ0v) is 17.4. The third-order valence-electron chi connectivity index (χ3n) is 4.81. The minimum Gasteiger partial charge on any atom is -0.497 e. The molecule has 0 atom stereocenters. The first-order valence-corrected chi connectivity index (χ1v) is 10.2. The number of anilines is 1. The molecule has 8 heteroatoms. The van der Waals surface area contributed by atoms with Gasteiger partial charge in [-0.15, -0.1) is 11.3 Å². The van der Waals surface area contributed by atoms with Crippen molar-refractivity contribution in [1.29, 1.82) is 0 Å². The van der Waals surface area contributed by atoms with E-state index in [-0.39, 0.29) is 17.7 Å². The first kappa shape index (κ1) is 20.4. The van der Waals surface area contributed by atoms with Gasteiger partial charge in [-0.1, -0.05) is 30.3 Å². The second kappa shape index (κ2) is 8.45. The monoisotopic (exact) mass is 433 g/mol. The van der Waals surface area contributed by atoms with Crippen molar-refractivity contribution in [2.24, 2.45) is 5.73 Å². The summed E-state index contributed by atoms with van der Waals surface area (Å²) in [6, 6.07) is 18.0. The molecule has 31 heavy (non-hydrogen) atoms. The number of nitrogens with zero attached hydrogens (tertiary/aromatic N) is 1. The lowest BCUT2D eigenvalue weighted by Crippen LogP contribution is -2.27. The molecule has 4 aromatic rings. The molecule has 0 unspecified atom stereocenters. The lowest BCUT2D eigenvalue weighted by atomic mass is 10.1. The maximum atomic E-state index is 12.8. The number of primary amides is 1. The molecule has 0 aliphatic rings. The number of hydrogen-bond acceptors (Lipinski definition) is 5. The van der Waals surface area contributed by atoms with Crippen molar-refractivity contribution in [3.05, 3.63) is 82.8 Å². The number of hydrogen-bond donors (Lipinski definition) is 2. The SMILES string of the molecule is COc1ccc2c(=O)n(CC(=O)Nc3sc(-c4ccccc4)cc3C(N)=O)ccc2c1. The Morgan fingerprint density at radius 1 is 1.10 bits per heavy atom. The second-order valence-electron chi connectivity index (χ2n) is 6.83. The molecule has 0 aliphatic carbocycles. The first-order chi connectivity index (χ1) is 15.0. The van der Waals surface area contributed by atoms with E-state index in [1.807, 2.05) is 30.3 Å². The number of benzene rings is 2. The van der Waals surface area contributed by atoms with Gasteiger partial charge < -0.3 is 20.4 Å². The Balaban J connectivity index is 1.59.